The van der Waals surface area contributed by atoms with E-state index < -0.39 is 10.0 Å². The summed E-state index contributed by atoms with van der Waals surface area (Å²) in [5.41, 5.74) is 5.80. The monoisotopic (exact) mass is 314 g/mol. The second-order valence-corrected chi connectivity index (χ2v) is 5.43. The van der Waals surface area contributed by atoms with Crippen LogP contribution in [0.4, 0.5) is 5.95 Å². The molecule has 21 heavy (non-hydrogen) atoms. The number of hydrogen-bond donors (Lipinski definition) is 3. The maximum Gasteiger partial charge on any atom is 0.281 e. The SMILES string of the molecule is COc1cc(OC)nc(NS(=O)(=O)c2[nH]ncc2CN)n1. The van der Waals surface area contributed by atoms with E-state index in [0.29, 0.717) is 5.56 Å². The number of H-pyrrole nitrogens is 1. The van der Waals surface area contributed by atoms with Gasteiger partial charge in [0, 0.05) is 12.1 Å². The summed E-state index contributed by atoms with van der Waals surface area (Å²) in [5.74, 6) is 0.121. The molecule has 2 heterocycles. The van der Waals surface area contributed by atoms with Gasteiger partial charge in [-0.2, -0.15) is 23.5 Å². The van der Waals surface area contributed by atoms with Gasteiger partial charge in [0.2, 0.25) is 17.7 Å². The zero-order valence-corrected chi connectivity index (χ0v) is 12.1. The average molecular weight is 314 g/mol. The number of hydrogen-bond acceptors (Lipinski definition) is 8. The Morgan fingerprint density at radius 3 is 2.43 bits per heavy atom. The van der Waals surface area contributed by atoms with Crippen LogP contribution >= 0.6 is 0 Å². The van der Waals surface area contributed by atoms with E-state index in [0.717, 1.165) is 0 Å². The van der Waals surface area contributed by atoms with E-state index >= 15 is 0 Å². The molecule has 0 bridgehead atoms. The van der Waals surface area contributed by atoms with Crippen LogP contribution in [-0.4, -0.2) is 42.8 Å². The molecule has 10 nitrogen and oxygen atoms in total. The first-order valence-corrected chi connectivity index (χ1v) is 7.20. The number of ether oxygens (including phenoxy) is 2. The first kappa shape index (κ1) is 15.0. The lowest BCUT2D eigenvalue weighted by Gasteiger charge is -2.08. The van der Waals surface area contributed by atoms with Crippen molar-refractivity contribution in [1.29, 1.82) is 0 Å². The summed E-state index contributed by atoms with van der Waals surface area (Å²) >= 11 is 0. The van der Waals surface area contributed by atoms with Gasteiger partial charge in [-0.05, 0) is 0 Å². The van der Waals surface area contributed by atoms with Crippen molar-refractivity contribution in [3.63, 3.8) is 0 Å². The van der Waals surface area contributed by atoms with Gasteiger partial charge in [0.25, 0.3) is 10.0 Å². The Balaban J connectivity index is 2.36. The highest BCUT2D eigenvalue weighted by molar-refractivity contribution is 7.92. The number of nitrogens with zero attached hydrogens (tertiary/aromatic N) is 3. The number of methoxy groups -OCH3 is 2. The van der Waals surface area contributed by atoms with Crippen LogP contribution in [0.1, 0.15) is 5.56 Å². The minimum Gasteiger partial charge on any atom is -0.481 e. The number of anilines is 1. The first-order chi connectivity index (χ1) is 10.00. The van der Waals surface area contributed by atoms with Gasteiger partial charge in [0.05, 0.1) is 26.5 Å². The smallest absolute Gasteiger partial charge is 0.281 e. The molecule has 0 aromatic carbocycles. The first-order valence-electron chi connectivity index (χ1n) is 5.72. The fraction of sp³-hybridized carbons (Fsp3) is 0.300. The van der Waals surface area contributed by atoms with Crippen molar-refractivity contribution < 1.29 is 17.9 Å². The highest BCUT2D eigenvalue weighted by atomic mass is 32.2. The molecular formula is C10H14N6O4S. The van der Waals surface area contributed by atoms with E-state index in [1.807, 2.05) is 0 Å². The predicted octanol–water partition coefficient (Wildman–Crippen LogP) is -0.524. The number of sulfonamides is 1. The molecule has 0 saturated carbocycles. The molecule has 0 atom stereocenters. The summed E-state index contributed by atoms with van der Waals surface area (Å²) in [6.45, 7) is 0.0228. The highest BCUT2D eigenvalue weighted by Gasteiger charge is 2.22. The topological polar surface area (TPSA) is 145 Å². The van der Waals surface area contributed by atoms with Crippen molar-refractivity contribution in [2.24, 2.45) is 5.73 Å². The average Bonchev–Trinajstić information content (AvgIpc) is 2.95. The summed E-state index contributed by atoms with van der Waals surface area (Å²) in [7, 11) is -1.17. The molecule has 2 aromatic heterocycles. The van der Waals surface area contributed by atoms with Crippen LogP contribution < -0.4 is 19.9 Å². The van der Waals surface area contributed by atoms with Crippen molar-refractivity contribution >= 4 is 16.0 Å². The summed E-state index contributed by atoms with van der Waals surface area (Å²) in [4.78, 5) is 7.76. The molecule has 114 valence electrons. The minimum absolute atomic E-state index is 0.0228. The zero-order valence-electron chi connectivity index (χ0n) is 11.3. The van der Waals surface area contributed by atoms with Gasteiger partial charge in [0.1, 0.15) is 0 Å². The van der Waals surface area contributed by atoms with E-state index in [-0.39, 0.29) is 29.3 Å². The van der Waals surface area contributed by atoms with Gasteiger partial charge in [-0.3, -0.25) is 5.10 Å². The standard InChI is InChI=1S/C10H14N6O4S/c1-19-7-3-8(20-2)14-10(13-7)16-21(17,18)9-6(4-11)5-12-15-9/h3,5H,4,11H2,1-2H3,(H,12,15)(H,13,14,16). The van der Waals surface area contributed by atoms with E-state index in [9.17, 15) is 8.42 Å². The maximum absolute atomic E-state index is 12.2. The lowest BCUT2D eigenvalue weighted by atomic mass is 10.4. The number of aromatic amines is 1. The number of nitrogens with two attached hydrogens (primary N) is 1. The molecule has 2 aromatic rings. The molecule has 4 N–H and O–H groups in total. The fourth-order valence-electron chi connectivity index (χ4n) is 1.51. The summed E-state index contributed by atoms with van der Waals surface area (Å²) in [6.07, 6.45) is 1.33. The van der Waals surface area contributed by atoms with Gasteiger partial charge in [-0.25, -0.2) is 4.72 Å². The van der Waals surface area contributed by atoms with Gasteiger partial charge in [0.15, 0.2) is 5.03 Å². The molecular weight excluding hydrogens is 300 g/mol. The van der Waals surface area contributed by atoms with Crippen molar-refractivity contribution in [2.45, 2.75) is 11.6 Å². The molecule has 0 saturated heterocycles. The van der Waals surface area contributed by atoms with E-state index in [4.69, 9.17) is 15.2 Å². The van der Waals surface area contributed by atoms with Crippen molar-refractivity contribution in [3.05, 3.63) is 17.8 Å². The van der Waals surface area contributed by atoms with Crippen LogP contribution in [0.15, 0.2) is 17.3 Å². The Kier molecular flexibility index (Phi) is 4.23. The third-order valence-corrected chi connectivity index (χ3v) is 3.83. The van der Waals surface area contributed by atoms with Crippen LogP contribution in [0.5, 0.6) is 11.8 Å². The van der Waals surface area contributed by atoms with Gasteiger partial charge in [-0.1, -0.05) is 0 Å². The normalized spacial score (nSPS) is 11.2. The Morgan fingerprint density at radius 2 is 1.90 bits per heavy atom. The predicted molar refractivity (Wildman–Crippen MR) is 72.4 cm³/mol. The largest absolute Gasteiger partial charge is 0.481 e. The van der Waals surface area contributed by atoms with E-state index in [2.05, 4.69) is 24.9 Å². The quantitative estimate of drug-likeness (QED) is 0.645. The van der Waals surface area contributed by atoms with Crippen LogP contribution in [0.3, 0.4) is 0 Å². The number of rotatable bonds is 6. The van der Waals surface area contributed by atoms with Gasteiger partial charge < -0.3 is 15.2 Å². The highest BCUT2D eigenvalue weighted by Crippen LogP contribution is 2.20. The number of nitrogens with one attached hydrogen (secondary N) is 2. The van der Waals surface area contributed by atoms with Crippen LogP contribution in [0, 0.1) is 0 Å². The second kappa shape index (κ2) is 5.93. The van der Waals surface area contributed by atoms with Crippen LogP contribution in [-0.2, 0) is 16.6 Å². The molecule has 0 unspecified atom stereocenters. The molecule has 11 heteroatoms. The Labute approximate surface area is 120 Å². The molecule has 2 rings (SSSR count). The third kappa shape index (κ3) is 3.20. The van der Waals surface area contributed by atoms with Crippen molar-refractivity contribution in [3.8, 4) is 11.8 Å². The molecule has 0 aliphatic heterocycles. The molecule has 0 aliphatic rings. The van der Waals surface area contributed by atoms with Crippen LogP contribution in [0.25, 0.3) is 0 Å². The van der Waals surface area contributed by atoms with Crippen molar-refractivity contribution in [2.75, 3.05) is 18.9 Å². The van der Waals surface area contributed by atoms with Gasteiger partial charge in [-0.15, -0.1) is 0 Å². The molecule has 0 amide bonds. The van der Waals surface area contributed by atoms with E-state index in [1.165, 1.54) is 26.5 Å². The second-order valence-electron chi connectivity index (χ2n) is 3.81. The molecule has 0 fully saturated rings. The fourth-order valence-corrected chi connectivity index (χ4v) is 2.60. The summed E-state index contributed by atoms with van der Waals surface area (Å²) in [6, 6.07) is 1.42. The Bertz CT molecular complexity index is 707. The lowest BCUT2D eigenvalue weighted by molar-refractivity contribution is 0.373. The van der Waals surface area contributed by atoms with Gasteiger partial charge >= 0.3 is 0 Å². The Hall–Kier alpha value is -2.40. The minimum atomic E-state index is -3.95. The summed E-state index contributed by atoms with van der Waals surface area (Å²) in [5, 5.41) is 5.89. The lowest BCUT2D eigenvalue weighted by Crippen LogP contribution is -2.18. The zero-order chi connectivity index (χ0) is 15.5. The molecule has 0 radical (unpaired) electrons. The van der Waals surface area contributed by atoms with E-state index in [1.54, 1.807) is 0 Å². The Morgan fingerprint density at radius 1 is 1.29 bits per heavy atom. The molecule has 0 spiro atoms. The molecule has 0 aliphatic carbocycles. The summed E-state index contributed by atoms with van der Waals surface area (Å²) < 4.78 is 36.6. The maximum atomic E-state index is 12.2. The number of aromatic nitrogens is 4. The van der Waals surface area contributed by atoms with Crippen molar-refractivity contribution in [1.82, 2.24) is 20.2 Å². The third-order valence-electron chi connectivity index (χ3n) is 2.49. The van der Waals surface area contributed by atoms with Crippen LogP contribution in [0.2, 0.25) is 0 Å².